The molecule has 0 aliphatic carbocycles. The molecule has 1 aromatic rings. The molecule has 0 spiro atoms. The number of hydrogen-bond donors (Lipinski definition) is 1. The van der Waals surface area contributed by atoms with Crippen LogP contribution in [0.1, 0.15) is 20.3 Å². The van der Waals surface area contributed by atoms with E-state index in [1.54, 1.807) is 12.1 Å². The van der Waals surface area contributed by atoms with Gasteiger partial charge in [-0.2, -0.15) is 0 Å². The third-order valence-corrected chi connectivity index (χ3v) is 3.90. The highest BCUT2D eigenvalue weighted by Crippen LogP contribution is 2.14. The van der Waals surface area contributed by atoms with Crippen LogP contribution in [0.15, 0.2) is 29.3 Å². The van der Waals surface area contributed by atoms with Crippen LogP contribution in [0.25, 0.3) is 0 Å². The SMILES string of the molecule is CCNC(=NCC(C)Oc1ccc(F)cc1)N(C)CC1CCOC1. The first kappa shape index (κ1) is 18.5. The summed E-state index contributed by atoms with van der Waals surface area (Å²) >= 11 is 0. The lowest BCUT2D eigenvalue weighted by molar-refractivity contribution is 0.181. The monoisotopic (exact) mass is 337 g/mol. The fourth-order valence-corrected chi connectivity index (χ4v) is 2.67. The van der Waals surface area contributed by atoms with Crippen LogP contribution < -0.4 is 10.1 Å². The molecule has 1 aromatic carbocycles. The first-order valence-corrected chi connectivity index (χ1v) is 8.58. The van der Waals surface area contributed by atoms with Gasteiger partial charge in [0.25, 0.3) is 0 Å². The summed E-state index contributed by atoms with van der Waals surface area (Å²) in [4.78, 5) is 6.81. The Labute approximate surface area is 143 Å². The molecular formula is C18H28FN3O2. The topological polar surface area (TPSA) is 46.1 Å². The molecule has 2 atom stereocenters. The van der Waals surface area contributed by atoms with Gasteiger partial charge < -0.3 is 19.7 Å². The fourth-order valence-electron chi connectivity index (χ4n) is 2.67. The molecule has 0 amide bonds. The molecule has 24 heavy (non-hydrogen) atoms. The van der Waals surface area contributed by atoms with E-state index in [-0.39, 0.29) is 11.9 Å². The molecule has 0 bridgehead atoms. The normalized spacial score (nSPS) is 19.2. The van der Waals surface area contributed by atoms with Gasteiger partial charge in [0.15, 0.2) is 5.96 Å². The van der Waals surface area contributed by atoms with E-state index in [1.165, 1.54) is 12.1 Å². The van der Waals surface area contributed by atoms with Gasteiger partial charge in [0.2, 0.25) is 0 Å². The summed E-state index contributed by atoms with van der Waals surface area (Å²) in [5, 5.41) is 3.31. The maximum Gasteiger partial charge on any atom is 0.193 e. The minimum absolute atomic E-state index is 0.0904. The van der Waals surface area contributed by atoms with Crippen molar-refractivity contribution < 1.29 is 13.9 Å². The molecular weight excluding hydrogens is 309 g/mol. The molecule has 1 fully saturated rings. The minimum atomic E-state index is -0.264. The van der Waals surface area contributed by atoms with Crippen molar-refractivity contribution in [3.63, 3.8) is 0 Å². The maximum absolute atomic E-state index is 12.9. The number of guanidine groups is 1. The molecule has 134 valence electrons. The molecule has 1 saturated heterocycles. The fraction of sp³-hybridized carbons (Fsp3) is 0.611. The molecule has 2 rings (SSSR count). The summed E-state index contributed by atoms with van der Waals surface area (Å²) in [6.07, 6.45) is 1.01. The third-order valence-electron chi connectivity index (χ3n) is 3.90. The largest absolute Gasteiger partial charge is 0.489 e. The van der Waals surface area contributed by atoms with E-state index in [2.05, 4.69) is 22.1 Å². The Morgan fingerprint density at radius 1 is 1.46 bits per heavy atom. The molecule has 5 nitrogen and oxygen atoms in total. The Balaban J connectivity index is 1.87. The van der Waals surface area contributed by atoms with E-state index < -0.39 is 0 Å². The molecule has 1 heterocycles. The van der Waals surface area contributed by atoms with Crippen LogP contribution in [-0.4, -0.2) is 56.9 Å². The second-order valence-corrected chi connectivity index (χ2v) is 6.19. The molecule has 2 unspecified atom stereocenters. The quantitative estimate of drug-likeness (QED) is 0.613. The number of halogens is 1. The smallest absolute Gasteiger partial charge is 0.193 e. The van der Waals surface area contributed by atoms with Gasteiger partial charge in [-0.25, -0.2) is 9.38 Å². The molecule has 1 aliphatic rings. The second kappa shape index (κ2) is 9.47. The molecule has 0 saturated carbocycles. The van der Waals surface area contributed by atoms with Crippen molar-refractivity contribution in [1.82, 2.24) is 10.2 Å². The van der Waals surface area contributed by atoms with Crippen LogP contribution in [0.4, 0.5) is 4.39 Å². The number of rotatable bonds is 7. The number of nitrogens with zero attached hydrogens (tertiary/aromatic N) is 2. The van der Waals surface area contributed by atoms with Crippen LogP contribution >= 0.6 is 0 Å². The number of ether oxygens (including phenoxy) is 2. The Hall–Kier alpha value is -1.82. The van der Waals surface area contributed by atoms with E-state index in [0.717, 1.165) is 38.7 Å². The molecule has 0 aromatic heterocycles. The van der Waals surface area contributed by atoms with Crippen molar-refractivity contribution in [3.05, 3.63) is 30.1 Å². The Bertz CT molecular complexity index is 516. The van der Waals surface area contributed by atoms with Crippen molar-refractivity contribution in [2.45, 2.75) is 26.4 Å². The van der Waals surface area contributed by atoms with Crippen LogP contribution in [0.5, 0.6) is 5.75 Å². The lowest BCUT2D eigenvalue weighted by Gasteiger charge is -2.25. The Morgan fingerprint density at radius 3 is 2.83 bits per heavy atom. The highest BCUT2D eigenvalue weighted by atomic mass is 19.1. The summed E-state index contributed by atoms with van der Waals surface area (Å²) in [5.74, 6) is 1.83. The maximum atomic E-state index is 12.9. The van der Waals surface area contributed by atoms with E-state index in [1.807, 2.05) is 14.0 Å². The average Bonchev–Trinajstić information content (AvgIpc) is 3.06. The lowest BCUT2D eigenvalue weighted by Crippen LogP contribution is -2.42. The summed E-state index contributed by atoms with van der Waals surface area (Å²) in [5.41, 5.74) is 0. The van der Waals surface area contributed by atoms with E-state index in [4.69, 9.17) is 9.47 Å². The van der Waals surface area contributed by atoms with Gasteiger partial charge in [0, 0.05) is 32.7 Å². The van der Waals surface area contributed by atoms with Crippen molar-refractivity contribution >= 4 is 5.96 Å². The first-order chi connectivity index (χ1) is 11.6. The van der Waals surface area contributed by atoms with Crippen molar-refractivity contribution in [3.8, 4) is 5.75 Å². The third kappa shape index (κ3) is 6.00. The average molecular weight is 337 g/mol. The number of benzene rings is 1. The van der Waals surface area contributed by atoms with Gasteiger partial charge in [-0.15, -0.1) is 0 Å². The number of nitrogens with one attached hydrogen (secondary N) is 1. The summed E-state index contributed by atoms with van der Waals surface area (Å²) in [6.45, 7) is 7.98. The summed E-state index contributed by atoms with van der Waals surface area (Å²) in [6, 6.07) is 6.06. The van der Waals surface area contributed by atoms with E-state index in [9.17, 15) is 4.39 Å². The zero-order valence-electron chi connectivity index (χ0n) is 14.8. The molecule has 6 heteroatoms. The van der Waals surface area contributed by atoms with E-state index in [0.29, 0.717) is 18.2 Å². The van der Waals surface area contributed by atoms with Crippen molar-refractivity contribution in [1.29, 1.82) is 0 Å². The lowest BCUT2D eigenvalue weighted by atomic mass is 10.1. The van der Waals surface area contributed by atoms with Gasteiger partial charge in [-0.05, 0) is 44.5 Å². The minimum Gasteiger partial charge on any atom is -0.489 e. The van der Waals surface area contributed by atoms with Crippen molar-refractivity contribution in [2.75, 3.05) is 39.9 Å². The second-order valence-electron chi connectivity index (χ2n) is 6.19. The summed E-state index contributed by atoms with van der Waals surface area (Å²) < 4.78 is 24.1. The Kier molecular flexibility index (Phi) is 7.31. The number of aliphatic imine (C=N–C) groups is 1. The highest BCUT2D eigenvalue weighted by Gasteiger charge is 2.19. The first-order valence-electron chi connectivity index (χ1n) is 8.58. The van der Waals surface area contributed by atoms with Crippen LogP contribution in [-0.2, 0) is 4.74 Å². The molecule has 1 N–H and O–H groups in total. The van der Waals surface area contributed by atoms with Crippen LogP contribution in [0.2, 0.25) is 0 Å². The van der Waals surface area contributed by atoms with Gasteiger partial charge in [-0.1, -0.05) is 0 Å². The Morgan fingerprint density at radius 2 is 2.21 bits per heavy atom. The predicted octanol–water partition coefficient (Wildman–Crippen LogP) is 2.53. The summed E-state index contributed by atoms with van der Waals surface area (Å²) in [7, 11) is 2.05. The predicted molar refractivity (Wildman–Crippen MR) is 94.0 cm³/mol. The highest BCUT2D eigenvalue weighted by molar-refractivity contribution is 5.79. The number of hydrogen-bond acceptors (Lipinski definition) is 3. The zero-order chi connectivity index (χ0) is 17.4. The van der Waals surface area contributed by atoms with Crippen LogP contribution in [0.3, 0.4) is 0 Å². The standard InChI is InChI=1S/C18H28FN3O2/c1-4-20-18(22(3)12-15-9-10-23-13-15)21-11-14(2)24-17-7-5-16(19)6-8-17/h5-8,14-15H,4,9-13H2,1-3H3,(H,20,21). The molecule has 1 aliphatic heterocycles. The van der Waals surface area contributed by atoms with Gasteiger partial charge in [0.1, 0.15) is 17.7 Å². The van der Waals surface area contributed by atoms with Gasteiger partial charge in [-0.3, -0.25) is 0 Å². The van der Waals surface area contributed by atoms with E-state index >= 15 is 0 Å². The zero-order valence-corrected chi connectivity index (χ0v) is 14.8. The molecule has 0 radical (unpaired) electrons. The van der Waals surface area contributed by atoms with Gasteiger partial charge in [0.05, 0.1) is 13.2 Å². The van der Waals surface area contributed by atoms with Crippen molar-refractivity contribution in [2.24, 2.45) is 10.9 Å². The van der Waals surface area contributed by atoms with Gasteiger partial charge >= 0.3 is 0 Å². The van der Waals surface area contributed by atoms with Crippen LogP contribution in [0, 0.1) is 11.7 Å².